The second-order valence-corrected chi connectivity index (χ2v) is 7.64. The Balaban J connectivity index is 1.45. The zero-order valence-corrected chi connectivity index (χ0v) is 14.4. The predicted octanol–water partition coefficient (Wildman–Crippen LogP) is 1.53. The molecule has 0 spiro atoms. The number of aryl methyl sites for hydroxylation is 1. The summed E-state index contributed by atoms with van der Waals surface area (Å²) >= 11 is 0. The van der Waals surface area contributed by atoms with E-state index in [9.17, 15) is 5.11 Å². The van der Waals surface area contributed by atoms with Crippen LogP contribution in [0.3, 0.4) is 0 Å². The zero-order valence-electron chi connectivity index (χ0n) is 14.4. The van der Waals surface area contributed by atoms with Crippen molar-refractivity contribution in [2.75, 3.05) is 26.2 Å². The number of hydrogen-bond donors (Lipinski definition) is 1. The Bertz CT molecular complexity index is 553. The van der Waals surface area contributed by atoms with Crippen molar-refractivity contribution in [2.24, 2.45) is 13.0 Å². The molecule has 2 fully saturated rings. The predicted molar refractivity (Wildman–Crippen MR) is 90.0 cm³/mol. The van der Waals surface area contributed by atoms with E-state index in [4.69, 9.17) is 0 Å². The van der Waals surface area contributed by atoms with Crippen LogP contribution in [0.2, 0.25) is 0 Å². The van der Waals surface area contributed by atoms with Crippen LogP contribution in [0.1, 0.15) is 49.1 Å². The van der Waals surface area contributed by atoms with Crippen molar-refractivity contribution in [1.82, 2.24) is 19.6 Å². The van der Waals surface area contributed by atoms with E-state index in [-0.39, 0.29) is 6.61 Å². The molecule has 1 aromatic heterocycles. The van der Waals surface area contributed by atoms with Crippen LogP contribution >= 0.6 is 0 Å². The second kappa shape index (κ2) is 6.54. The Labute approximate surface area is 139 Å². The Morgan fingerprint density at radius 2 is 2.00 bits per heavy atom. The average Bonchev–Trinajstić information content (AvgIpc) is 2.91. The lowest BCUT2D eigenvalue weighted by Gasteiger charge is -2.46. The molecule has 0 radical (unpaired) electrons. The third-order valence-corrected chi connectivity index (χ3v) is 6.28. The second-order valence-electron chi connectivity index (χ2n) is 7.64. The summed E-state index contributed by atoms with van der Waals surface area (Å²) in [5, 5.41) is 14.1. The normalized spacial score (nSPS) is 29.3. The Morgan fingerprint density at radius 1 is 1.13 bits per heavy atom. The number of nitrogens with zero attached hydrogens (tertiary/aromatic N) is 4. The summed E-state index contributed by atoms with van der Waals surface area (Å²) in [5.41, 5.74) is 3.50. The van der Waals surface area contributed by atoms with Crippen LogP contribution in [-0.2, 0) is 26.6 Å². The van der Waals surface area contributed by atoms with Gasteiger partial charge in [-0.2, -0.15) is 5.10 Å². The molecular formula is C18H30N4O. The minimum Gasteiger partial charge on any atom is -0.390 e. The third kappa shape index (κ3) is 2.94. The van der Waals surface area contributed by atoms with Crippen LogP contribution in [0, 0.1) is 5.92 Å². The lowest BCUT2D eigenvalue weighted by Crippen LogP contribution is -2.51. The van der Waals surface area contributed by atoms with Crippen LogP contribution in [0.5, 0.6) is 0 Å². The summed E-state index contributed by atoms with van der Waals surface area (Å²) in [5.74, 6) is 0.833. The standard InChI is InChI=1S/C18H30N4O/c1-20-18-7-10-21(12-15(18)16(13-23)19-20)11-14-5-4-9-22-8-3-2-6-17(14)22/h14,17,23H,2-13H2,1H3/t14-,17+/m0/s1. The first-order valence-electron chi connectivity index (χ1n) is 9.37. The molecule has 3 aliphatic heterocycles. The molecule has 0 unspecified atom stereocenters. The number of hydrogen-bond acceptors (Lipinski definition) is 4. The summed E-state index contributed by atoms with van der Waals surface area (Å²) < 4.78 is 1.97. The van der Waals surface area contributed by atoms with E-state index in [1.807, 2.05) is 11.7 Å². The average molecular weight is 318 g/mol. The minimum atomic E-state index is 0.0663. The van der Waals surface area contributed by atoms with Gasteiger partial charge in [0.05, 0.1) is 12.3 Å². The fourth-order valence-electron chi connectivity index (χ4n) is 5.13. The summed E-state index contributed by atoms with van der Waals surface area (Å²) in [4.78, 5) is 5.38. The first-order chi connectivity index (χ1) is 11.3. The smallest absolute Gasteiger partial charge is 0.0926 e. The van der Waals surface area contributed by atoms with Gasteiger partial charge in [0.15, 0.2) is 0 Å². The van der Waals surface area contributed by atoms with E-state index in [0.29, 0.717) is 0 Å². The molecular weight excluding hydrogens is 288 g/mol. The monoisotopic (exact) mass is 318 g/mol. The van der Waals surface area contributed by atoms with Crippen molar-refractivity contribution < 1.29 is 5.11 Å². The summed E-state index contributed by atoms with van der Waals surface area (Å²) in [6, 6.07) is 0.824. The SMILES string of the molecule is Cn1nc(CO)c2c1CCN(C[C@@H]1CCCN3CCCC[C@H]13)C2. The van der Waals surface area contributed by atoms with Crippen LogP contribution in [0.15, 0.2) is 0 Å². The van der Waals surface area contributed by atoms with Crippen LogP contribution < -0.4 is 0 Å². The van der Waals surface area contributed by atoms with Crippen molar-refractivity contribution in [1.29, 1.82) is 0 Å². The first kappa shape index (κ1) is 15.6. The van der Waals surface area contributed by atoms with E-state index in [0.717, 1.165) is 37.2 Å². The van der Waals surface area contributed by atoms with Gasteiger partial charge in [0, 0.05) is 50.4 Å². The van der Waals surface area contributed by atoms with Crippen molar-refractivity contribution in [3.05, 3.63) is 17.0 Å². The summed E-state index contributed by atoms with van der Waals surface area (Å²) in [6.07, 6.45) is 8.04. The molecule has 128 valence electrons. The number of aliphatic hydroxyl groups excluding tert-OH is 1. The molecule has 5 nitrogen and oxygen atoms in total. The molecule has 0 aliphatic carbocycles. The molecule has 5 heteroatoms. The molecule has 4 rings (SSSR count). The summed E-state index contributed by atoms with van der Waals surface area (Å²) in [7, 11) is 2.01. The van der Waals surface area contributed by atoms with Gasteiger partial charge in [0.2, 0.25) is 0 Å². The Morgan fingerprint density at radius 3 is 2.87 bits per heavy atom. The van der Waals surface area contributed by atoms with E-state index < -0.39 is 0 Å². The van der Waals surface area contributed by atoms with E-state index in [1.54, 1.807) is 0 Å². The van der Waals surface area contributed by atoms with Gasteiger partial charge in [-0.1, -0.05) is 6.42 Å². The highest BCUT2D eigenvalue weighted by Gasteiger charge is 2.34. The Kier molecular flexibility index (Phi) is 4.43. The fourth-order valence-corrected chi connectivity index (χ4v) is 5.13. The minimum absolute atomic E-state index is 0.0663. The lowest BCUT2D eigenvalue weighted by molar-refractivity contribution is 0.0377. The van der Waals surface area contributed by atoms with Crippen LogP contribution in [0.25, 0.3) is 0 Å². The lowest BCUT2D eigenvalue weighted by atomic mass is 9.83. The highest BCUT2D eigenvalue weighted by atomic mass is 16.3. The highest BCUT2D eigenvalue weighted by Crippen LogP contribution is 2.32. The maximum atomic E-state index is 9.57. The van der Waals surface area contributed by atoms with Crippen molar-refractivity contribution >= 4 is 0 Å². The number of piperidine rings is 2. The maximum absolute atomic E-state index is 9.57. The van der Waals surface area contributed by atoms with Crippen LogP contribution in [-0.4, -0.2) is 56.9 Å². The fraction of sp³-hybridized carbons (Fsp3) is 0.833. The summed E-state index contributed by atoms with van der Waals surface area (Å²) in [6.45, 7) is 6.05. The molecule has 1 N–H and O–H groups in total. The number of aromatic nitrogens is 2. The zero-order chi connectivity index (χ0) is 15.8. The van der Waals surface area contributed by atoms with Gasteiger partial charge in [0.25, 0.3) is 0 Å². The topological polar surface area (TPSA) is 44.5 Å². The quantitative estimate of drug-likeness (QED) is 0.918. The van der Waals surface area contributed by atoms with Gasteiger partial charge < -0.3 is 10.0 Å². The van der Waals surface area contributed by atoms with E-state index in [1.165, 1.54) is 63.0 Å². The third-order valence-electron chi connectivity index (χ3n) is 6.28. The molecule has 0 aromatic carbocycles. The van der Waals surface area contributed by atoms with Crippen molar-refractivity contribution in [3.63, 3.8) is 0 Å². The molecule has 0 saturated carbocycles. The number of rotatable bonds is 3. The maximum Gasteiger partial charge on any atom is 0.0926 e. The van der Waals surface area contributed by atoms with Gasteiger partial charge in [-0.15, -0.1) is 0 Å². The number of aliphatic hydroxyl groups is 1. The van der Waals surface area contributed by atoms with Gasteiger partial charge in [-0.3, -0.25) is 9.58 Å². The van der Waals surface area contributed by atoms with E-state index >= 15 is 0 Å². The van der Waals surface area contributed by atoms with E-state index in [2.05, 4.69) is 14.9 Å². The molecule has 1 aromatic rings. The molecule has 0 bridgehead atoms. The number of fused-ring (bicyclic) bond motifs is 2. The van der Waals surface area contributed by atoms with Gasteiger partial charge in [-0.25, -0.2) is 0 Å². The van der Waals surface area contributed by atoms with Crippen LogP contribution in [0.4, 0.5) is 0 Å². The Hall–Kier alpha value is -0.910. The van der Waals surface area contributed by atoms with Gasteiger partial charge >= 0.3 is 0 Å². The van der Waals surface area contributed by atoms with Gasteiger partial charge in [-0.05, 0) is 44.7 Å². The largest absolute Gasteiger partial charge is 0.390 e. The van der Waals surface area contributed by atoms with Crippen molar-refractivity contribution in [3.8, 4) is 0 Å². The molecule has 0 amide bonds. The molecule has 2 atom stereocenters. The molecule has 23 heavy (non-hydrogen) atoms. The molecule has 4 heterocycles. The first-order valence-corrected chi connectivity index (χ1v) is 9.37. The highest BCUT2D eigenvalue weighted by molar-refractivity contribution is 5.28. The van der Waals surface area contributed by atoms with Crippen molar-refractivity contribution in [2.45, 2.75) is 57.7 Å². The molecule has 3 aliphatic rings. The molecule has 2 saturated heterocycles. The van der Waals surface area contributed by atoms with Gasteiger partial charge in [0.1, 0.15) is 0 Å².